The standard InChI is InChI=1S/C18H22FN3O2/c1-11-16(12(2)21-20-11)9-18(24)22(15-7-8-15)10-17(23)13-3-5-14(19)6-4-13/h3-6,15,17,23H,7-10H2,1-2H3,(H,20,21)/t17-/m1/s1. The van der Waals surface area contributed by atoms with Crippen LogP contribution in [0.2, 0.25) is 0 Å². The first-order chi connectivity index (χ1) is 11.5. The number of aromatic amines is 1. The van der Waals surface area contributed by atoms with Crippen molar-refractivity contribution < 1.29 is 14.3 Å². The molecule has 1 aliphatic carbocycles. The number of carbonyl (C=O) groups is 1. The van der Waals surface area contributed by atoms with Crippen LogP contribution in [0.25, 0.3) is 0 Å². The maximum absolute atomic E-state index is 13.0. The summed E-state index contributed by atoms with van der Waals surface area (Å²) in [6.45, 7) is 4.00. The number of rotatable bonds is 6. The number of halogens is 1. The van der Waals surface area contributed by atoms with Crippen LogP contribution in [0, 0.1) is 19.7 Å². The van der Waals surface area contributed by atoms with Crippen LogP contribution in [-0.4, -0.2) is 38.7 Å². The number of aliphatic hydroxyl groups is 1. The Labute approximate surface area is 140 Å². The number of nitrogens with one attached hydrogen (secondary N) is 1. The van der Waals surface area contributed by atoms with E-state index in [0.29, 0.717) is 5.56 Å². The Morgan fingerprint density at radius 2 is 2.04 bits per heavy atom. The zero-order chi connectivity index (χ0) is 17.3. The number of hydrogen-bond donors (Lipinski definition) is 2. The molecule has 6 heteroatoms. The van der Waals surface area contributed by atoms with Crippen molar-refractivity contribution in [2.24, 2.45) is 0 Å². The van der Waals surface area contributed by atoms with Crippen LogP contribution in [0.5, 0.6) is 0 Å². The van der Waals surface area contributed by atoms with Gasteiger partial charge in [0.2, 0.25) is 5.91 Å². The molecule has 1 saturated carbocycles. The molecule has 1 fully saturated rings. The summed E-state index contributed by atoms with van der Waals surface area (Å²) in [5, 5.41) is 17.4. The van der Waals surface area contributed by atoms with Gasteiger partial charge in [0.15, 0.2) is 0 Å². The summed E-state index contributed by atoms with van der Waals surface area (Å²) in [5.74, 6) is -0.349. The molecule has 3 rings (SSSR count). The third-order valence-electron chi connectivity index (χ3n) is 4.54. The molecular formula is C18H22FN3O2. The Kier molecular flexibility index (Phi) is 4.66. The third-order valence-corrected chi connectivity index (χ3v) is 4.54. The Morgan fingerprint density at radius 1 is 1.38 bits per heavy atom. The molecule has 1 aromatic heterocycles. The van der Waals surface area contributed by atoms with Crippen LogP contribution >= 0.6 is 0 Å². The van der Waals surface area contributed by atoms with Crippen LogP contribution in [0.1, 0.15) is 41.5 Å². The highest BCUT2D eigenvalue weighted by Crippen LogP contribution is 2.30. The second kappa shape index (κ2) is 6.73. The topological polar surface area (TPSA) is 69.2 Å². The fourth-order valence-electron chi connectivity index (χ4n) is 2.90. The van der Waals surface area contributed by atoms with Crippen molar-refractivity contribution in [1.82, 2.24) is 15.1 Å². The minimum atomic E-state index is -0.818. The van der Waals surface area contributed by atoms with E-state index in [9.17, 15) is 14.3 Å². The van der Waals surface area contributed by atoms with E-state index in [1.807, 2.05) is 13.8 Å². The van der Waals surface area contributed by atoms with Crippen molar-refractivity contribution in [3.05, 3.63) is 52.6 Å². The average molecular weight is 331 g/mol. The largest absolute Gasteiger partial charge is 0.387 e. The molecular weight excluding hydrogens is 309 g/mol. The highest BCUT2D eigenvalue weighted by Gasteiger charge is 2.34. The molecule has 24 heavy (non-hydrogen) atoms. The normalized spacial score (nSPS) is 15.3. The van der Waals surface area contributed by atoms with Gasteiger partial charge in [-0.1, -0.05) is 12.1 Å². The molecule has 1 aliphatic rings. The molecule has 2 N–H and O–H groups in total. The number of carbonyl (C=O) groups excluding carboxylic acids is 1. The van der Waals surface area contributed by atoms with E-state index in [1.165, 1.54) is 12.1 Å². The molecule has 0 bridgehead atoms. The predicted octanol–water partition coefficient (Wildman–Crippen LogP) is 2.43. The lowest BCUT2D eigenvalue weighted by molar-refractivity contribution is -0.132. The molecule has 1 amide bonds. The maximum atomic E-state index is 13.0. The zero-order valence-corrected chi connectivity index (χ0v) is 13.9. The Morgan fingerprint density at radius 3 is 2.58 bits per heavy atom. The number of aromatic nitrogens is 2. The Hall–Kier alpha value is -2.21. The molecule has 0 spiro atoms. The van der Waals surface area contributed by atoms with Crippen LogP contribution in [0.15, 0.2) is 24.3 Å². The van der Waals surface area contributed by atoms with Gasteiger partial charge in [0.05, 0.1) is 24.8 Å². The molecule has 1 heterocycles. The lowest BCUT2D eigenvalue weighted by Crippen LogP contribution is -2.37. The number of aryl methyl sites for hydroxylation is 2. The molecule has 5 nitrogen and oxygen atoms in total. The smallest absolute Gasteiger partial charge is 0.227 e. The van der Waals surface area contributed by atoms with Crippen LogP contribution in [0.3, 0.4) is 0 Å². The van der Waals surface area contributed by atoms with Gasteiger partial charge in [-0.2, -0.15) is 5.10 Å². The summed E-state index contributed by atoms with van der Waals surface area (Å²) in [6, 6.07) is 5.94. The van der Waals surface area contributed by atoms with Crippen LogP contribution < -0.4 is 0 Å². The van der Waals surface area contributed by atoms with E-state index in [1.54, 1.807) is 17.0 Å². The summed E-state index contributed by atoms with van der Waals surface area (Å²) >= 11 is 0. The number of hydrogen-bond acceptors (Lipinski definition) is 3. The average Bonchev–Trinajstić information content (AvgIpc) is 3.35. The lowest BCUT2D eigenvalue weighted by atomic mass is 10.1. The van der Waals surface area contributed by atoms with E-state index in [4.69, 9.17) is 0 Å². The second-order valence-electron chi connectivity index (χ2n) is 6.43. The quantitative estimate of drug-likeness (QED) is 0.854. The lowest BCUT2D eigenvalue weighted by Gasteiger charge is -2.25. The summed E-state index contributed by atoms with van der Waals surface area (Å²) < 4.78 is 13.0. The van der Waals surface area contributed by atoms with Crippen LogP contribution in [0.4, 0.5) is 4.39 Å². The summed E-state index contributed by atoms with van der Waals surface area (Å²) in [6.07, 6.45) is 1.39. The molecule has 1 atom stereocenters. The monoisotopic (exact) mass is 331 g/mol. The van der Waals surface area contributed by atoms with Crippen molar-refractivity contribution in [3.8, 4) is 0 Å². The minimum absolute atomic E-state index is 0.00809. The first-order valence-electron chi connectivity index (χ1n) is 8.19. The molecule has 0 radical (unpaired) electrons. The maximum Gasteiger partial charge on any atom is 0.227 e. The first-order valence-corrected chi connectivity index (χ1v) is 8.19. The highest BCUT2D eigenvalue weighted by atomic mass is 19.1. The minimum Gasteiger partial charge on any atom is -0.387 e. The number of aliphatic hydroxyl groups excluding tert-OH is 1. The van der Waals surface area contributed by atoms with Gasteiger partial charge in [-0.05, 0) is 44.4 Å². The molecule has 128 valence electrons. The molecule has 0 aliphatic heterocycles. The van der Waals surface area contributed by atoms with E-state index in [2.05, 4.69) is 10.2 Å². The van der Waals surface area contributed by atoms with Gasteiger partial charge in [0.25, 0.3) is 0 Å². The van der Waals surface area contributed by atoms with E-state index >= 15 is 0 Å². The van der Waals surface area contributed by atoms with Gasteiger partial charge in [-0.15, -0.1) is 0 Å². The number of H-pyrrole nitrogens is 1. The first kappa shape index (κ1) is 16.6. The van der Waals surface area contributed by atoms with Crippen LogP contribution in [-0.2, 0) is 11.2 Å². The predicted molar refractivity (Wildman–Crippen MR) is 87.9 cm³/mol. The van der Waals surface area contributed by atoms with Gasteiger partial charge >= 0.3 is 0 Å². The summed E-state index contributed by atoms with van der Waals surface area (Å²) in [5.41, 5.74) is 3.26. The van der Waals surface area contributed by atoms with E-state index in [0.717, 1.165) is 29.8 Å². The van der Waals surface area contributed by atoms with Gasteiger partial charge in [0.1, 0.15) is 5.82 Å². The fourth-order valence-corrected chi connectivity index (χ4v) is 2.90. The summed E-state index contributed by atoms with van der Waals surface area (Å²) in [7, 11) is 0. The van der Waals surface area contributed by atoms with Gasteiger partial charge in [0, 0.05) is 17.3 Å². The van der Waals surface area contributed by atoms with E-state index in [-0.39, 0.29) is 30.7 Å². The Bertz CT molecular complexity index is 703. The molecule has 2 aromatic rings. The SMILES string of the molecule is Cc1n[nH]c(C)c1CC(=O)N(C[C@@H](O)c1ccc(F)cc1)C1CC1. The number of benzene rings is 1. The van der Waals surface area contributed by atoms with Gasteiger partial charge in [-0.25, -0.2) is 4.39 Å². The van der Waals surface area contributed by atoms with Crippen molar-refractivity contribution in [3.63, 3.8) is 0 Å². The number of amides is 1. The van der Waals surface area contributed by atoms with Crippen molar-refractivity contribution >= 4 is 5.91 Å². The zero-order valence-electron chi connectivity index (χ0n) is 13.9. The molecule has 0 saturated heterocycles. The number of nitrogens with zero attached hydrogens (tertiary/aromatic N) is 2. The second-order valence-corrected chi connectivity index (χ2v) is 6.43. The van der Waals surface area contributed by atoms with Crippen molar-refractivity contribution in [2.75, 3.05) is 6.54 Å². The highest BCUT2D eigenvalue weighted by molar-refractivity contribution is 5.80. The fraction of sp³-hybridized carbons (Fsp3) is 0.444. The Balaban J connectivity index is 1.70. The molecule has 0 unspecified atom stereocenters. The third kappa shape index (κ3) is 3.64. The van der Waals surface area contributed by atoms with Crippen molar-refractivity contribution in [1.29, 1.82) is 0 Å². The van der Waals surface area contributed by atoms with Crippen molar-refractivity contribution in [2.45, 2.75) is 45.3 Å². The van der Waals surface area contributed by atoms with Gasteiger partial charge < -0.3 is 10.0 Å². The van der Waals surface area contributed by atoms with E-state index < -0.39 is 6.10 Å². The van der Waals surface area contributed by atoms with Gasteiger partial charge in [-0.3, -0.25) is 9.89 Å². The molecule has 1 aromatic carbocycles. The summed E-state index contributed by atoms with van der Waals surface area (Å²) in [4.78, 5) is 14.5.